The molecule has 0 aliphatic carbocycles. The minimum Gasteiger partial charge on any atom is -0.494 e. The molecular formula is C16H13FO4. The van der Waals surface area contributed by atoms with Crippen molar-refractivity contribution >= 4 is 11.9 Å². The first-order valence-corrected chi connectivity index (χ1v) is 6.18. The second-order valence-corrected chi connectivity index (χ2v) is 4.39. The Balaban J connectivity index is 2.12. The average Bonchev–Trinajstić information content (AvgIpc) is 2.47. The Morgan fingerprint density at radius 3 is 2.10 bits per heavy atom. The standard InChI is InChI=1S/C16H13FO4/c1-10-3-5-11(6-4-10)15(18)21-16(19)12-7-8-14(20-2)13(17)9-12/h3-9H,1-2H3. The van der Waals surface area contributed by atoms with Crippen LogP contribution in [0.5, 0.6) is 5.75 Å². The number of esters is 2. The van der Waals surface area contributed by atoms with Crippen molar-refractivity contribution in [1.82, 2.24) is 0 Å². The van der Waals surface area contributed by atoms with Crippen LogP contribution in [0.2, 0.25) is 0 Å². The van der Waals surface area contributed by atoms with Crippen LogP contribution in [0.25, 0.3) is 0 Å². The molecule has 0 amide bonds. The second-order valence-electron chi connectivity index (χ2n) is 4.39. The third-order valence-electron chi connectivity index (χ3n) is 2.86. The van der Waals surface area contributed by atoms with Gasteiger partial charge in [0.25, 0.3) is 0 Å². The molecule has 108 valence electrons. The third-order valence-corrected chi connectivity index (χ3v) is 2.86. The minimum atomic E-state index is -0.915. The summed E-state index contributed by atoms with van der Waals surface area (Å²) in [5.74, 6) is -2.38. The van der Waals surface area contributed by atoms with Gasteiger partial charge in [0, 0.05) is 0 Å². The van der Waals surface area contributed by atoms with Crippen LogP contribution in [0.3, 0.4) is 0 Å². The van der Waals surface area contributed by atoms with Crippen LogP contribution in [0, 0.1) is 12.7 Å². The molecule has 5 heteroatoms. The predicted octanol–water partition coefficient (Wildman–Crippen LogP) is 3.14. The maximum absolute atomic E-state index is 13.5. The Hall–Kier alpha value is -2.69. The van der Waals surface area contributed by atoms with Crippen LogP contribution < -0.4 is 4.74 Å². The summed E-state index contributed by atoms with van der Waals surface area (Å²) in [5.41, 5.74) is 1.17. The van der Waals surface area contributed by atoms with Gasteiger partial charge in [0.05, 0.1) is 18.2 Å². The number of hydrogen-bond acceptors (Lipinski definition) is 4. The first-order valence-electron chi connectivity index (χ1n) is 6.18. The predicted molar refractivity (Wildman–Crippen MR) is 73.9 cm³/mol. The smallest absolute Gasteiger partial charge is 0.346 e. The zero-order valence-corrected chi connectivity index (χ0v) is 11.6. The molecule has 0 bridgehead atoms. The van der Waals surface area contributed by atoms with Crippen LogP contribution in [-0.2, 0) is 4.74 Å². The molecule has 21 heavy (non-hydrogen) atoms. The van der Waals surface area contributed by atoms with Crippen molar-refractivity contribution in [2.24, 2.45) is 0 Å². The van der Waals surface area contributed by atoms with Crippen molar-refractivity contribution in [3.63, 3.8) is 0 Å². The number of rotatable bonds is 3. The van der Waals surface area contributed by atoms with Gasteiger partial charge in [-0.1, -0.05) is 17.7 Å². The Kier molecular flexibility index (Phi) is 4.33. The minimum absolute atomic E-state index is 0.0106. The van der Waals surface area contributed by atoms with E-state index in [-0.39, 0.29) is 16.9 Å². The molecule has 0 radical (unpaired) electrons. The van der Waals surface area contributed by atoms with Gasteiger partial charge in [-0.3, -0.25) is 0 Å². The number of halogens is 1. The Morgan fingerprint density at radius 2 is 1.52 bits per heavy atom. The van der Waals surface area contributed by atoms with E-state index in [1.54, 1.807) is 24.3 Å². The molecule has 0 aliphatic heterocycles. The van der Waals surface area contributed by atoms with Crippen LogP contribution in [0.4, 0.5) is 4.39 Å². The van der Waals surface area contributed by atoms with Gasteiger partial charge in [-0.15, -0.1) is 0 Å². The van der Waals surface area contributed by atoms with Crippen molar-refractivity contribution in [3.8, 4) is 5.75 Å². The molecule has 0 spiro atoms. The number of carbonyl (C=O) groups is 2. The fourth-order valence-corrected chi connectivity index (χ4v) is 1.69. The molecule has 2 rings (SSSR count). The van der Waals surface area contributed by atoms with E-state index in [2.05, 4.69) is 0 Å². The highest BCUT2D eigenvalue weighted by atomic mass is 19.1. The van der Waals surface area contributed by atoms with Crippen molar-refractivity contribution in [2.75, 3.05) is 7.11 Å². The van der Waals surface area contributed by atoms with E-state index in [0.717, 1.165) is 11.6 Å². The van der Waals surface area contributed by atoms with E-state index in [1.807, 2.05) is 6.92 Å². The summed E-state index contributed by atoms with van der Waals surface area (Å²) in [6.45, 7) is 1.88. The zero-order valence-electron chi connectivity index (χ0n) is 11.6. The quantitative estimate of drug-likeness (QED) is 0.643. The van der Waals surface area contributed by atoms with E-state index < -0.39 is 17.8 Å². The lowest BCUT2D eigenvalue weighted by Gasteiger charge is -2.05. The first kappa shape index (κ1) is 14.7. The third kappa shape index (κ3) is 3.45. The van der Waals surface area contributed by atoms with Crippen molar-refractivity contribution in [1.29, 1.82) is 0 Å². The van der Waals surface area contributed by atoms with Gasteiger partial charge in [-0.05, 0) is 37.3 Å². The van der Waals surface area contributed by atoms with Gasteiger partial charge in [0.1, 0.15) is 0 Å². The lowest BCUT2D eigenvalue weighted by molar-refractivity contribution is 0.0397. The molecule has 0 heterocycles. The summed E-state index contributed by atoms with van der Waals surface area (Å²) in [6, 6.07) is 10.2. The zero-order chi connectivity index (χ0) is 15.4. The maximum Gasteiger partial charge on any atom is 0.346 e. The van der Waals surface area contributed by atoms with Gasteiger partial charge >= 0.3 is 11.9 Å². The Morgan fingerprint density at radius 1 is 0.952 bits per heavy atom. The molecule has 2 aromatic carbocycles. The fraction of sp³-hybridized carbons (Fsp3) is 0.125. The summed E-state index contributed by atoms with van der Waals surface area (Å²) in [5, 5.41) is 0. The summed E-state index contributed by atoms with van der Waals surface area (Å²) in [6.07, 6.45) is 0. The topological polar surface area (TPSA) is 52.6 Å². The largest absolute Gasteiger partial charge is 0.494 e. The summed E-state index contributed by atoms with van der Waals surface area (Å²) >= 11 is 0. The number of hydrogen-bond donors (Lipinski definition) is 0. The summed E-state index contributed by atoms with van der Waals surface area (Å²) in [4.78, 5) is 23.6. The maximum atomic E-state index is 13.5. The van der Waals surface area contributed by atoms with Crippen molar-refractivity contribution < 1.29 is 23.5 Å². The number of carbonyl (C=O) groups excluding carboxylic acids is 2. The van der Waals surface area contributed by atoms with E-state index in [4.69, 9.17) is 9.47 Å². The first-order chi connectivity index (χ1) is 10.0. The molecule has 0 aromatic heterocycles. The summed E-state index contributed by atoms with van der Waals surface area (Å²) in [7, 11) is 1.32. The highest BCUT2D eigenvalue weighted by Crippen LogP contribution is 2.18. The fourth-order valence-electron chi connectivity index (χ4n) is 1.69. The molecule has 0 saturated carbocycles. The molecule has 4 nitrogen and oxygen atoms in total. The molecule has 2 aromatic rings. The molecule has 0 saturated heterocycles. The summed E-state index contributed by atoms with van der Waals surface area (Å²) < 4.78 is 23.0. The van der Waals surface area contributed by atoms with Crippen LogP contribution in [-0.4, -0.2) is 19.0 Å². The lowest BCUT2D eigenvalue weighted by atomic mass is 10.1. The molecule has 0 N–H and O–H groups in total. The van der Waals surface area contributed by atoms with Crippen LogP contribution in [0.1, 0.15) is 26.3 Å². The molecular weight excluding hydrogens is 275 g/mol. The Bertz CT molecular complexity index is 677. The van der Waals surface area contributed by atoms with Gasteiger partial charge in [-0.25, -0.2) is 14.0 Å². The van der Waals surface area contributed by atoms with Crippen molar-refractivity contribution in [3.05, 3.63) is 65.0 Å². The molecule has 0 fully saturated rings. The van der Waals surface area contributed by atoms with E-state index in [9.17, 15) is 14.0 Å². The van der Waals surface area contributed by atoms with Gasteiger partial charge < -0.3 is 9.47 Å². The Labute approximate surface area is 121 Å². The SMILES string of the molecule is COc1ccc(C(=O)OC(=O)c2ccc(C)cc2)cc1F. The van der Waals surface area contributed by atoms with Crippen LogP contribution in [0.15, 0.2) is 42.5 Å². The van der Waals surface area contributed by atoms with Gasteiger partial charge in [-0.2, -0.15) is 0 Å². The molecule has 0 unspecified atom stereocenters. The van der Waals surface area contributed by atoms with Crippen molar-refractivity contribution in [2.45, 2.75) is 6.92 Å². The second kappa shape index (κ2) is 6.17. The molecule has 0 aliphatic rings. The van der Waals surface area contributed by atoms with E-state index in [0.29, 0.717) is 0 Å². The van der Waals surface area contributed by atoms with E-state index >= 15 is 0 Å². The number of benzene rings is 2. The number of aryl methyl sites for hydroxylation is 1. The van der Waals surface area contributed by atoms with Crippen LogP contribution >= 0.6 is 0 Å². The molecule has 0 atom stereocenters. The highest BCUT2D eigenvalue weighted by molar-refractivity contribution is 6.02. The number of ether oxygens (including phenoxy) is 2. The number of methoxy groups -OCH3 is 1. The lowest BCUT2D eigenvalue weighted by Crippen LogP contribution is -2.13. The average molecular weight is 288 g/mol. The van der Waals surface area contributed by atoms with Gasteiger partial charge in [0.2, 0.25) is 0 Å². The van der Waals surface area contributed by atoms with E-state index in [1.165, 1.54) is 19.2 Å². The normalized spacial score (nSPS) is 10.0. The monoisotopic (exact) mass is 288 g/mol. The van der Waals surface area contributed by atoms with Gasteiger partial charge in [0.15, 0.2) is 11.6 Å². The highest BCUT2D eigenvalue weighted by Gasteiger charge is 2.16.